The molecular weight excluding hydrogens is 468 g/mol. The SMILES string of the molecule is Cc1nocc1-c1cccc(C(=O)N2CCN3C[C@@H](c4ccc(F)c(Cl)c4)OC[C@@H]3C2)c1Cl. The molecule has 0 unspecified atom stereocenters. The standard InChI is InChI=1S/C24H22Cl2FN3O3/c1-14-19(13-33-28-14)17-3-2-4-18(23(17)26)24(31)30-8-7-29-11-22(32-12-16(29)10-30)15-5-6-21(27)20(25)9-15/h2-6,9,13,16,22H,7-8,10-12H2,1H3/t16-,22-/m0/s1. The molecular formula is C24H22Cl2FN3O3. The van der Waals surface area contributed by atoms with Crippen LogP contribution >= 0.6 is 23.2 Å². The van der Waals surface area contributed by atoms with Gasteiger partial charge in [0, 0.05) is 37.3 Å². The lowest BCUT2D eigenvalue weighted by Gasteiger charge is -2.46. The quantitative estimate of drug-likeness (QED) is 0.518. The number of amides is 1. The minimum Gasteiger partial charge on any atom is -0.370 e. The number of hydrogen-bond acceptors (Lipinski definition) is 5. The molecule has 172 valence electrons. The Morgan fingerprint density at radius 2 is 2.00 bits per heavy atom. The Hall–Kier alpha value is -2.45. The maximum absolute atomic E-state index is 13.5. The molecule has 2 aromatic carbocycles. The summed E-state index contributed by atoms with van der Waals surface area (Å²) in [6, 6.07) is 10.2. The maximum Gasteiger partial charge on any atom is 0.255 e. The Morgan fingerprint density at radius 1 is 1.15 bits per heavy atom. The number of benzene rings is 2. The van der Waals surface area contributed by atoms with Gasteiger partial charge < -0.3 is 14.2 Å². The molecule has 0 radical (unpaired) electrons. The molecule has 1 aromatic heterocycles. The molecule has 2 fully saturated rings. The molecule has 0 spiro atoms. The van der Waals surface area contributed by atoms with Crippen molar-refractivity contribution in [1.82, 2.24) is 15.0 Å². The van der Waals surface area contributed by atoms with Gasteiger partial charge in [0.05, 0.1) is 40.1 Å². The van der Waals surface area contributed by atoms with Gasteiger partial charge in [0.25, 0.3) is 5.91 Å². The number of aromatic nitrogens is 1. The summed E-state index contributed by atoms with van der Waals surface area (Å²) in [4.78, 5) is 17.5. The summed E-state index contributed by atoms with van der Waals surface area (Å²) < 4.78 is 24.6. The number of nitrogens with zero attached hydrogens (tertiary/aromatic N) is 3. The van der Waals surface area contributed by atoms with E-state index in [0.29, 0.717) is 49.1 Å². The molecule has 2 aliphatic heterocycles. The molecule has 3 aromatic rings. The number of rotatable bonds is 3. The van der Waals surface area contributed by atoms with E-state index in [1.807, 2.05) is 24.0 Å². The Labute approximate surface area is 200 Å². The number of piperazine rings is 1. The highest BCUT2D eigenvalue weighted by Crippen LogP contribution is 2.34. The van der Waals surface area contributed by atoms with Crippen molar-refractivity contribution in [2.24, 2.45) is 0 Å². The van der Waals surface area contributed by atoms with E-state index in [4.69, 9.17) is 32.5 Å². The van der Waals surface area contributed by atoms with E-state index in [-0.39, 0.29) is 23.1 Å². The third-order valence-corrected chi connectivity index (χ3v) is 7.06. The third-order valence-electron chi connectivity index (χ3n) is 6.37. The monoisotopic (exact) mass is 489 g/mol. The van der Waals surface area contributed by atoms with E-state index in [1.165, 1.54) is 12.3 Å². The largest absolute Gasteiger partial charge is 0.370 e. The van der Waals surface area contributed by atoms with Crippen molar-refractivity contribution in [2.45, 2.75) is 19.1 Å². The molecule has 2 aliphatic rings. The molecule has 0 bridgehead atoms. The highest BCUT2D eigenvalue weighted by molar-refractivity contribution is 6.36. The molecule has 0 N–H and O–H groups in total. The predicted octanol–water partition coefficient (Wildman–Crippen LogP) is 4.99. The summed E-state index contributed by atoms with van der Waals surface area (Å²) in [5.41, 5.74) is 3.52. The molecule has 2 saturated heterocycles. The first kappa shape index (κ1) is 22.3. The first-order valence-corrected chi connectivity index (χ1v) is 11.5. The Morgan fingerprint density at radius 3 is 2.76 bits per heavy atom. The second-order valence-corrected chi connectivity index (χ2v) is 9.16. The Bertz CT molecular complexity index is 1200. The number of ether oxygens (including phenoxy) is 1. The van der Waals surface area contributed by atoms with Crippen molar-refractivity contribution in [2.75, 3.05) is 32.8 Å². The van der Waals surface area contributed by atoms with Gasteiger partial charge in [0.15, 0.2) is 0 Å². The molecule has 0 saturated carbocycles. The van der Waals surface area contributed by atoms with Crippen molar-refractivity contribution in [1.29, 1.82) is 0 Å². The number of aryl methyl sites for hydroxylation is 1. The van der Waals surface area contributed by atoms with Crippen molar-refractivity contribution in [3.63, 3.8) is 0 Å². The van der Waals surface area contributed by atoms with E-state index in [9.17, 15) is 9.18 Å². The summed E-state index contributed by atoms with van der Waals surface area (Å²) in [6.07, 6.45) is 1.35. The normalized spacial score (nSPS) is 21.2. The van der Waals surface area contributed by atoms with E-state index < -0.39 is 5.82 Å². The summed E-state index contributed by atoms with van der Waals surface area (Å²) in [5, 5.41) is 4.39. The zero-order valence-corrected chi connectivity index (χ0v) is 19.4. The van der Waals surface area contributed by atoms with Crippen LogP contribution in [-0.4, -0.2) is 59.7 Å². The van der Waals surface area contributed by atoms with Crippen LogP contribution in [0.4, 0.5) is 4.39 Å². The Balaban J connectivity index is 1.29. The Kier molecular flexibility index (Phi) is 6.14. The number of carbonyl (C=O) groups is 1. The summed E-state index contributed by atoms with van der Waals surface area (Å²) in [6.45, 7) is 4.81. The molecule has 5 rings (SSSR count). The van der Waals surface area contributed by atoms with Gasteiger partial charge in [-0.25, -0.2) is 4.39 Å². The fourth-order valence-corrected chi connectivity index (χ4v) is 5.01. The van der Waals surface area contributed by atoms with Gasteiger partial charge in [-0.05, 0) is 30.7 Å². The van der Waals surface area contributed by atoms with Gasteiger partial charge in [-0.15, -0.1) is 0 Å². The maximum atomic E-state index is 13.5. The number of hydrogen-bond donors (Lipinski definition) is 0. The van der Waals surface area contributed by atoms with E-state index in [0.717, 1.165) is 16.7 Å². The second kappa shape index (κ2) is 9.06. The first-order valence-electron chi connectivity index (χ1n) is 10.7. The van der Waals surface area contributed by atoms with E-state index >= 15 is 0 Å². The van der Waals surface area contributed by atoms with E-state index in [2.05, 4.69) is 10.1 Å². The van der Waals surface area contributed by atoms with Crippen LogP contribution in [0.2, 0.25) is 10.0 Å². The molecule has 33 heavy (non-hydrogen) atoms. The van der Waals surface area contributed by atoms with Gasteiger partial charge in [-0.1, -0.05) is 46.6 Å². The van der Waals surface area contributed by atoms with Crippen LogP contribution < -0.4 is 0 Å². The van der Waals surface area contributed by atoms with Gasteiger partial charge >= 0.3 is 0 Å². The van der Waals surface area contributed by atoms with Crippen molar-refractivity contribution >= 4 is 29.1 Å². The highest BCUT2D eigenvalue weighted by Gasteiger charge is 2.36. The lowest BCUT2D eigenvalue weighted by atomic mass is 10.0. The molecule has 0 aliphatic carbocycles. The second-order valence-electron chi connectivity index (χ2n) is 8.38. The zero-order chi connectivity index (χ0) is 23.1. The zero-order valence-electron chi connectivity index (χ0n) is 17.9. The van der Waals surface area contributed by atoms with Crippen LogP contribution in [0.1, 0.15) is 27.7 Å². The predicted molar refractivity (Wildman–Crippen MR) is 123 cm³/mol. The molecule has 3 heterocycles. The van der Waals surface area contributed by atoms with Crippen molar-refractivity contribution < 1.29 is 18.4 Å². The lowest BCUT2D eigenvalue weighted by Crippen LogP contribution is -2.59. The fraction of sp³-hybridized carbons (Fsp3) is 0.333. The fourth-order valence-electron chi connectivity index (χ4n) is 4.51. The summed E-state index contributed by atoms with van der Waals surface area (Å²) in [7, 11) is 0. The lowest BCUT2D eigenvalue weighted by molar-refractivity contribution is -0.0858. The van der Waals surface area contributed by atoms with E-state index in [1.54, 1.807) is 18.2 Å². The van der Waals surface area contributed by atoms with Crippen LogP contribution in [0, 0.1) is 12.7 Å². The third kappa shape index (κ3) is 4.26. The van der Waals surface area contributed by atoms with Crippen molar-refractivity contribution in [3.8, 4) is 11.1 Å². The smallest absolute Gasteiger partial charge is 0.255 e. The summed E-state index contributed by atoms with van der Waals surface area (Å²) >= 11 is 12.6. The molecule has 9 heteroatoms. The average molecular weight is 490 g/mol. The number of carbonyl (C=O) groups excluding carboxylic acids is 1. The number of morpholine rings is 1. The van der Waals surface area contributed by atoms with Gasteiger partial charge in [-0.3, -0.25) is 9.69 Å². The first-order chi connectivity index (χ1) is 15.9. The molecule has 6 nitrogen and oxygen atoms in total. The van der Waals surface area contributed by atoms with Crippen LogP contribution in [0.25, 0.3) is 11.1 Å². The van der Waals surface area contributed by atoms with Crippen LogP contribution in [0.5, 0.6) is 0 Å². The van der Waals surface area contributed by atoms with Gasteiger partial charge in [0.1, 0.15) is 12.1 Å². The molecule has 2 atom stereocenters. The number of fused-ring (bicyclic) bond motifs is 1. The van der Waals surface area contributed by atoms with Crippen LogP contribution in [-0.2, 0) is 4.74 Å². The van der Waals surface area contributed by atoms with Crippen LogP contribution in [0.3, 0.4) is 0 Å². The van der Waals surface area contributed by atoms with Crippen LogP contribution in [0.15, 0.2) is 47.2 Å². The van der Waals surface area contributed by atoms with Gasteiger partial charge in [-0.2, -0.15) is 0 Å². The van der Waals surface area contributed by atoms with Crippen molar-refractivity contribution in [3.05, 3.63) is 75.3 Å². The van der Waals surface area contributed by atoms with Gasteiger partial charge in [0.2, 0.25) is 0 Å². The topological polar surface area (TPSA) is 58.8 Å². The highest BCUT2D eigenvalue weighted by atomic mass is 35.5. The number of halogens is 3. The minimum atomic E-state index is -0.442. The molecule has 1 amide bonds. The average Bonchev–Trinajstić information content (AvgIpc) is 3.25. The minimum absolute atomic E-state index is 0.0807. The summed E-state index contributed by atoms with van der Waals surface area (Å²) in [5.74, 6) is -0.550.